The highest BCUT2D eigenvalue weighted by atomic mass is 16.1. The van der Waals surface area contributed by atoms with E-state index < -0.39 is 0 Å². The molecule has 0 bridgehead atoms. The molecule has 0 aromatic heterocycles. The van der Waals surface area contributed by atoms with Gasteiger partial charge in [-0.3, -0.25) is 4.79 Å². The van der Waals surface area contributed by atoms with Gasteiger partial charge in [-0.2, -0.15) is 0 Å². The average molecular weight is 280 g/mol. The summed E-state index contributed by atoms with van der Waals surface area (Å²) in [6, 6.07) is 15.7. The van der Waals surface area contributed by atoms with Crippen molar-refractivity contribution in [3.8, 4) is 0 Å². The predicted octanol–water partition coefficient (Wildman–Crippen LogP) is 3.16. The minimum absolute atomic E-state index is 0.114. The van der Waals surface area contributed by atoms with E-state index in [1.165, 1.54) is 11.6 Å². The number of anilines is 1. The van der Waals surface area contributed by atoms with Gasteiger partial charge < -0.3 is 11.1 Å². The normalized spacial score (nSPS) is 10.7. The quantitative estimate of drug-likeness (QED) is 0.653. The molecule has 3 nitrogen and oxygen atoms in total. The SMILES string of the molecule is CCc1ccc(CNC(=O)/C=C/c2cccc(N)c2)cc1. The summed E-state index contributed by atoms with van der Waals surface area (Å²) < 4.78 is 0. The number of aryl methyl sites for hydroxylation is 1. The Morgan fingerprint density at radius 3 is 2.52 bits per heavy atom. The van der Waals surface area contributed by atoms with E-state index in [0.29, 0.717) is 12.2 Å². The molecule has 2 aromatic carbocycles. The van der Waals surface area contributed by atoms with Crippen LogP contribution in [0.15, 0.2) is 54.6 Å². The molecule has 0 fully saturated rings. The van der Waals surface area contributed by atoms with E-state index >= 15 is 0 Å². The monoisotopic (exact) mass is 280 g/mol. The van der Waals surface area contributed by atoms with Crippen LogP contribution in [0.1, 0.15) is 23.6 Å². The summed E-state index contributed by atoms with van der Waals surface area (Å²) in [4.78, 5) is 11.8. The van der Waals surface area contributed by atoms with Gasteiger partial charge >= 0.3 is 0 Å². The van der Waals surface area contributed by atoms with Gasteiger partial charge in [-0.1, -0.05) is 43.3 Å². The Kier molecular flexibility index (Phi) is 5.16. The third-order valence-corrected chi connectivity index (χ3v) is 3.24. The smallest absolute Gasteiger partial charge is 0.244 e. The maximum atomic E-state index is 11.8. The van der Waals surface area contributed by atoms with Crippen LogP contribution < -0.4 is 11.1 Å². The van der Waals surface area contributed by atoms with Gasteiger partial charge in [0.1, 0.15) is 0 Å². The van der Waals surface area contributed by atoms with Crippen LogP contribution in [0.4, 0.5) is 5.69 Å². The molecule has 0 aliphatic heterocycles. The zero-order valence-corrected chi connectivity index (χ0v) is 12.2. The molecule has 2 aromatic rings. The number of hydrogen-bond donors (Lipinski definition) is 2. The summed E-state index contributed by atoms with van der Waals surface area (Å²) in [5, 5.41) is 2.86. The molecule has 2 rings (SSSR count). The number of hydrogen-bond acceptors (Lipinski definition) is 2. The number of rotatable bonds is 5. The number of amides is 1. The van der Waals surface area contributed by atoms with Crippen molar-refractivity contribution in [3.63, 3.8) is 0 Å². The number of nitrogens with one attached hydrogen (secondary N) is 1. The highest BCUT2D eigenvalue weighted by Gasteiger charge is 1.97. The number of nitrogens with two attached hydrogens (primary N) is 1. The molecule has 0 saturated heterocycles. The largest absolute Gasteiger partial charge is 0.399 e. The summed E-state index contributed by atoms with van der Waals surface area (Å²) in [6.07, 6.45) is 4.30. The zero-order chi connectivity index (χ0) is 15.1. The Bertz CT molecular complexity index is 630. The van der Waals surface area contributed by atoms with Crippen molar-refractivity contribution >= 4 is 17.7 Å². The van der Waals surface area contributed by atoms with Crippen LogP contribution in [0.2, 0.25) is 0 Å². The molecule has 0 unspecified atom stereocenters. The van der Waals surface area contributed by atoms with Crippen LogP contribution in [-0.4, -0.2) is 5.91 Å². The van der Waals surface area contributed by atoms with Gasteiger partial charge in [0.15, 0.2) is 0 Å². The van der Waals surface area contributed by atoms with Crippen LogP contribution >= 0.6 is 0 Å². The lowest BCUT2D eigenvalue weighted by Gasteiger charge is -2.04. The van der Waals surface area contributed by atoms with Crippen LogP contribution in [0.3, 0.4) is 0 Å². The zero-order valence-electron chi connectivity index (χ0n) is 12.2. The Morgan fingerprint density at radius 1 is 1.14 bits per heavy atom. The fraction of sp³-hybridized carbons (Fsp3) is 0.167. The van der Waals surface area contributed by atoms with Gasteiger partial charge in [-0.25, -0.2) is 0 Å². The van der Waals surface area contributed by atoms with Crippen molar-refractivity contribution in [1.29, 1.82) is 0 Å². The molecule has 0 aliphatic carbocycles. The first kappa shape index (κ1) is 14.9. The fourth-order valence-corrected chi connectivity index (χ4v) is 1.98. The van der Waals surface area contributed by atoms with Crippen LogP contribution in [0, 0.1) is 0 Å². The molecule has 21 heavy (non-hydrogen) atoms. The second-order valence-electron chi connectivity index (χ2n) is 4.89. The number of nitrogen functional groups attached to an aromatic ring is 1. The number of benzene rings is 2. The third-order valence-electron chi connectivity index (χ3n) is 3.24. The lowest BCUT2D eigenvalue weighted by molar-refractivity contribution is -0.116. The molecular formula is C18H20N2O. The van der Waals surface area contributed by atoms with Crippen molar-refractivity contribution in [2.24, 2.45) is 0 Å². The molecule has 0 atom stereocenters. The molecule has 0 radical (unpaired) electrons. The molecule has 108 valence electrons. The minimum atomic E-state index is -0.114. The molecule has 0 heterocycles. The van der Waals surface area contributed by atoms with Gasteiger partial charge in [0.2, 0.25) is 5.91 Å². The molecule has 0 saturated carbocycles. The van der Waals surface area contributed by atoms with E-state index in [4.69, 9.17) is 5.73 Å². The minimum Gasteiger partial charge on any atom is -0.399 e. The Hall–Kier alpha value is -2.55. The number of carbonyl (C=O) groups excluding carboxylic acids is 1. The van der Waals surface area contributed by atoms with Gasteiger partial charge in [0.25, 0.3) is 0 Å². The standard InChI is InChI=1S/C18H20N2O/c1-2-14-6-8-16(9-7-14)13-20-18(21)11-10-15-4-3-5-17(19)12-15/h3-12H,2,13,19H2,1H3,(H,20,21)/b11-10+. The highest BCUT2D eigenvalue weighted by Crippen LogP contribution is 2.08. The highest BCUT2D eigenvalue weighted by molar-refractivity contribution is 5.91. The Morgan fingerprint density at radius 2 is 1.86 bits per heavy atom. The lowest BCUT2D eigenvalue weighted by atomic mass is 10.1. The topological polar surface area (TPSA) is 55.1 Å². The van der Waals surface area contributed by atoms with Gasteiger partial charge in [-0.15, -0.1) is 0 Å². The summed E-state index contributed by atoms with van der Waals surface area (Å²) >= 11 is 0. The van der Waals surface area contributed by atoms with Gasteiger partial charge in [-0.05, 0) is 41.3 Å². The molecule has 3 heteroatoms. The molecule has 1 amide bonds. The van der Waals surface area contributed by atoms with Crippen molar-refractivity contribution in [1.82, 2.24) is 5.32 Å². The van der Waals surface area contributed by atoms with Gasteiger partial charge in [0, 0.05) is 18.3 Å². The van der Waals surface area contributed by atoms with E-state index in [2.05, 4.69) is 24.4 Å². The fourth-order valence-electron chi connectivity index (χ4n) is 1.98. The Labute approximate surface area is 125 Å². The molecule has 0 aliphatic rings. The van der Waals surface area contributed by atoms with Crippen molar-refractivity contribution in [2.75, 3.05) is 5.73 Å². The average Bonchev–Trinajstić information content (AvgIpc) is 2.51. The molecule has 0 spiro atoms. The van der Waals surface area contributed by atoms with Crippen molar-refractivity contribution < 1.29 is 4.79 Å². The van der Waals surface area contributed by atoms with E-state index in [1.54, 1.807) is 6.08 Å². The first-order valence-corrected chi connectivity index (χ1v) is 7.06. The summed E-state index contributed by atoms with van der Waals surface area (Å²) in [5.74, 6) is -0.114. The maximum Gasteiger partial charge on any atom is 0.244 e. The van der Waals surface area contributed by atoms with E-state index in [9.17, 15) is 4.79 Å². The van der Waals surface area contributed by atoms with Crippen LogP contribution in [-0.2, 0) is 17.8 Å². The van der Waals surface area contributed by atoms with Crippen LogP contribution in [0.5, 0.6) is 0 Å². The summed E-state index contributed by atoms with van der Waals surface area (Å²) in [6.45, 7) is 2.65. The second-order valence-corrected chi connectivity index (χ2v) is 4.89. The first-order chi connectivity index (χ1) is 10.2. The lowest BCUT2D eigenvalue weighted by Crippen LogP contribution is -2.20. The van der Waals surface area contributed by atoms with E-state index in [-0.39, 0.29) is 5.91 Å². The summed E-state index contributed by atoms with van der Waals surface area (Å²) in [5.41, 5.74) is 9.68. The summed E-state index contributed by atoms with van der Waals surface area (Å²) in [7, 11) is 0. The van der Waals surface area contributed by atoms with E-state index in [1.807, 2.05) is 36.4 Å². The van der Waals surface area contributed by atoms with E-state index in [0.717, 1.165) is 17.5 Å². The van der Waals surface area contributed by atoms with Crippen LogP contribution in [0.25, 0.3) is 6.08 Å². The number of carbonyl (C=O) groups is 1. The van der Waals surface area contributed by atoms with Crippen molar-refractivity contribution in [3.05, 3.63) is 71.3 Å². The maximum absolute atomic E-state index is 11.8. The Balaban J connectivity index is 1.86. The first-order valence-electron chi connectivity index (χ1n) is 7.06. The molecular weight excluding hydrogens is 260 g/mol. The second kappa shape index (κ2) is 7.29. The third kappa shape index (κ3) is 4.80. The predicted molar refractivity (Wildman–Crippen MR) is 87.6 cm³/mol. The molecule has 3 N–H and O–H groups in total. The van der Waals surface area contributed by atoms with Crippen molar-refractivity contribution in [2.45, 2.75) is 19.9 Å². The van der Waals surface area contributed by atoms with Gasteiger partial charge in [0.05, 0.1) is 0 Å².